The van der Waals surface area contributed by atoms with Gasteiger partial charge in [0.15, 0.2) is 0 Å². The number of fused-ring (bicyclic) bond motifs is 1. The van der Waals surface area contributed by atoms with Gasteiger partial charge >= 0.3 is 6.09 Å². The van der Waals surface area contributed by atoms with E-state index in [9.17, 15) is 9.59 Å². The number of hydrogen-bond acceptors (Lipinski definition) is 10. The van der Waals surface area contributed by atoms with Crippen molar-refractivity contribution >= 4 is 23.6 Å². The minimum Gasteiger partial charge on any atom is -0.492 e. The van der Waals surface area contributed by atoms with E-state index in [1.54, 1.807) is 63.8 Å². The zero-order valence-corrected chi connectivity index (χ0v) is 25.6. The summed E-state index contributed by atoms with van der Waals surface area (Å²) in [5, 5.41) is 10.4. The van der Waals surface area contributed by atoms with E-state index in [1.165, 1.54) is 4.68 Å². The highest BCUT2D eigenvalue weighted by Gasteiger charge is 2.24. The third-order valence-corrected chi connectivity index (χ3v) is 6.63. The van der Waals surface area contributed by atoms with Crippen LogP contribution in [0.1, 0.15) is 42.3 Å². The fourth-order valence-electron chi connectivity index (χ4n) is 4.50. The van der Waals surface area contributed by atoms with Gasteiger partial charge in [-0.15, -0.1) is 0 Å². The van der Waals surface area contributed by atoms with Crippen LogP contribution in [-0.2, 0) is 17.7 Å². The number of amides is 1. The second-order valence-corrected chi connectivity index (χ2v) is 11.6. The van der Waals surface area contributed by atoms with Crippen molar-refractivity contribution in [2.75, 3.05) is 44.5 Å². The van der Waals surface area contributed by atoms with Gasteiger partial charge in [-0.25, -0.2) is 14.8 Å². The van der Waals surface area contributed by atoms with E-state index < -0.39 is 11.7 Å². The number of benzene rings is 1. The van der Waals surface area contributed by atoms with E-state index in [2.05, 4.69) is 25.7 Å². The number of carbonyl (C=O) groups excluding carboxylic acids is 2. The normalized spacial score (nSPS) is 12.4. The third kappa shape index (κ3) is 7.70. The van der Waals surface area contributed by atoms with Gasteiger partial charge in [0, 0.05) is 54.2 Å². The van der Waals surface area contributed by atoms with Gasteiger partial charge in [0.2, 0.25) is 0 Å². The number of anilines is 2. The van der Waals surface area contributed by atoms with E-state index in [-0.39, 0.29) is 5.91 Å². The summed E-state index contributed by atoms with van der Waals surface area (Å²) in [5.74, 6) is 2.24. The number of rotatable bonds is 10. The SMILES string of the molecule is CN(C)CCOc1ccc(NC(=O)c2cccc(CNc3ncc(-c4cnn(C(=O)OC(C)(C)C)c4)c4c3CCO4)c2)nc1. The molecule has 4 aromatic rings. The molecule has 0 bridgehead atoms. The maximum Gasteiger partial charge on any atom is 0.435 e. The fraction of sp³-hybridized carbons (Fsp3) is 0.344. The lowest BCUT2D eigenvalue weighted by molar-refractivity contribution is 0.0514. The summed E-state index contributed by atoms with van der Waals surface area (Å²) in [6.45, 7) is 7.74. The first-order chi connectivity index (χ1) is 21.1. The van der Waals surface area contributed by atoms with Crippen molar-refractivity contribution in [2.45, 2.75) is 39.3 Å². The van der Waals surface area contributed by atoms with Gasteiger partial charge in [0.25, 0.3) is 5.91 Å². The van der Waals surface area contributed by atoms with Gasteiger partial charge in [0.05, 0.1) is 19.0 Å². The van der Waals surface area contributed by atoms with Crippen molar-refractivity contribution in [1.82, 2.24) is 24.6 Å². The summed E-state index contributed by atoms with van der Waals surface area (Å²) in [7, 11) is 3.96. The van der Waals surface area contributed by atoms with Crippen LogP contribution < -0.4 is 20.1 Å². The number of nitrogens with one attached hydrogen (secondary N) is 2. The van der Waals surface area contributed by atoms with Crippen molar-refractivity contribution < 1.29 is 23.8 Å². The second-order valence-electron chi connectivity index (χ2n) is 11.6. The maximum absolute atomic E-state index is 12.9. The molecule has 0 fully saturated rings. The van der Waals surface area contributed by atoms with Gasteiger partial charge in [0.1, 0.15) is 35.3 Å². The Morgan fingerprint density at radius 2 is 1.93 bits per heavy atom. The van der Waals surface area contributed by atoms with Crippen LogP contribution >= 0.6 is 0 Å². The number of pyridine rings is 2. The molecule has 2 N–H and O–H groups in total. The van der Waals surface area contributed by atoms with Crippen LogP contribution in [0, 0.1) is 0 Å². The Balaban J connectivity index is 1.22. The molecule has 0 unspecified atom stereocenters. The van der Waals surface area contributed by atoms with Crippen molar-refractivity contribution in [3.8, 4) is 22.6 Å². The monoisotopic (exact) mass is 599 g/mol. The highest BCUT2D eigenvalue weighted by molar-refractivity contribution is 6.03. The van der Waals surface area contributed by atoms with E-state index in [1.807, 2.05) is 37.2 Å². The largest absolute Gasteiger partial charge is 0.492 e. The van der Waals surface area contributed by atoms with Crippen LogP contribution in [0.4, 0.5) is 16.4 Å². The number of ether oxygens (including phenoxy) is 3. The molecule has 12 heteroatoms. The van der Waals surface area contributed by atoms with Crippen molar-refractivity contribution in [2.24, 2.45) is 0 Å². The van der Waals surface area contributed by atoms with Crippen LogP contribution in [0.5, 0.6) is 11.5 Å². The lowest BCUT2D eigenvalue weighted by atomic mass is 10.1. The van der Waals surface area contributed by atoms with Gasteiger partial charge in [-0.1, -0.05) is 12.1 Å². The summed E-state index contributed by atoms with van der Waals surface area (Å²) in [5.41, 5.74) is 3.19. The zero-order chi connectivity index (χ0) is 31.3. The molecule has 44 heavy (non-hydrogen) atoms. The van der Waals surface area contributed by atoms with Crippen molar-refractivity contribution in [1.29, 1.82) is 0 Å². The Bertz CT molecular complexity index is 1630. The molecule has 5 rings (SSSR count). The second kappa shape index (κ2) is 13.1. The summed E-state index contributed by atoms with van der Waals surface area (Å²) in [4.78, 5) is 36.3. The fourth-order valence-corrected chi connectivity index (χ4v) is 4.50. The van der Waals surface area contributed by atoms with Crippen LogP contribution in [0.3, 0.4) is 0 Å². The molecule has 0 saturated heterocycles. The molecule has 0 atom stereocenters. The van der Waals surface area contributed by atoms with Gasteiger partial charge in [-0.05, 0) is 64.7 Å². The molecule has 1 amide bonds. The molecule has 12 nitrogen and oxygen atoms in total. The predicted molar refractivity (Wildman–Crippen MR) is 166 cm³/mol. The molecular formula is C32H37N7O5. The summed E-state index contributed by atoms with van der Waals surface area (Å²) in [6, 6.07) is 10.9. The molecule has 230 valence electrons. The first-order valence-corrected chi connectivity index (χ1v) is 14.4. The van der Waals surface area contributed by atoms with Crippen LogP contribution in [-0.4, -0.2) is 76.1 Å². The highest BCUT2D eigenvalue weighted by Crippen LogP contribution is 2.39. The lowest BCUT2D eigenvalue weighted by Gasteiger charge is -2.18. The topological polar surface area (TPSA) is 133 Å². The third-order valence-electron chi connectivity index (χ3n) is 6.63. The van der Waals surface area contributed by atoms with Crippen LogP contribution in [0.25, 0.3) is 11.1 Å². The lowest BCUT2D eigenvalue weighted by Crippen LogP contribution is -2.27. The van der Waals surface area contributed by atoms with Gasteiger partial charge < -0.3 is 29.7 Å². The van der Waals surface area contributed by atoms with Crippen molar-refractivity contribution in [3.63, 3.8) is 0 Å². The molecule has 4 heterocycles. The quantitative estimate of drug-likeness (QED) is 0.260. The van der Waals surface area contributed by atoms with Crippen LogP contribution in [0.15, 0.2) is 61.2 Å². The minimum atomic E-state index is -0.628. The Hall–Kier alpha value is -4.97. The molecule has 1 aliphatic heterocycles. The highest BCUT2D eigenvalue weighted by atomic mass is 16.6. The Kier molecular flexibility index (Phi) is 9.09. The van der Waals surface area contributed by atoms with Crippen LogP contribution in [0.2, 0.25) is 0 Å². The minimum absolute atomic E-state index is 0.260. The number of hydrogen-bond donors (Lipinski definition) is 2. The predicted octanol–water partition coefficient (Wildman–Crippen LogP) is 4.86. The van der Waals surface area contributed by atoms with E-state index >= 15 is 0 Å². The Morgan fingerprint density at radius 3 is 2.68 bits per heavy atom. The molecule has 1 aliphatic rings. The number of aromatic nitrogens is 4. The van der Waals surface area contributed by atoms with E-state index in [4.69, 9.17) is 14.2 Å². The molecule has 1 aromatic carbocycles. The molecule has 3 aromatic heterocycles. The van der Waals surface area contributed by atoms with E-state index in [0.29, 0.717) is 60.4 Å². The first kappa shape index (κ1) is 30.5. The average molecular weight is 600 g/mol. The number of likely N-dealkylation sites (N-methyl/N-ethyl adjacent to an activating group) is 1. The summed E-state index contributed by atoms with van der Waals surface area (Å²) in [6.07, 6.45) is 6.64. The van der Waals surface area contributed by atoms with Gasteiger partial charge in [-0.3, -0.25) is 4.79 Å². The molecule has 0 aliphatic carbocycles. The number of carbonyl (C=O) groups is 2. The molecule has 0 saturated carbocycles. The summed E-state index contributed by atoms with van der Waals surface area (Å²) < 4.78 is 18.2. The first-order valence-electron chi connectivity index (χ1n) is 14.4. The Morgan fingerprint density at radius 1 is 1.09 bits per heavy atom. The summed E-state index contributed by atoms with van der Waals surface area (Å²) >= 11 is 0. The molecule has 0 radical (unpaired) electrons. The Labute approximate surface area is 256 Å². The standard InChI is InChI=1S/C32H37N7O5/c1-32(2,3)44-31(41)39-20-23(17-36-39)26-19-35-29(25-11-13-43-28(25)26)34-16-21-7-6-8-22(15-21)30(40)37-27-10-9-24(18-33-27)42-14-12-38(4)5/h6-10,15,17-20H,11-14,16H2,1-5H3,(H,34,35)(H,33,37,40). The van der Waals surface area contributed by atoms with Crippen molar-refractivity contribution in [3.05, 3.63) is 77.9 Å². The van der Waals surface area contributed by atoms with E-state index in [0.717, 1.165) is 23.2 Å². The zero-order valence-electron chi connectivity index (χ0n) is 25.6. The van der Waals surface area contributed by atoms with Gasteiger partial charge in [-0.2, -0.15) is 9.78 Å². The molecule has 0 spiro atoms. The number of nitrogens with zero attached hydrogens (tertiary/aromatic N) is 5. The maximum atomic E-state index is 12.9. The smallest absolute Gasteiger partial charge is 0.435 e. The molecular weight excluding hydrogens is 562 g/mol. The average Bonchev–Trinajstić information content (AvgIpc) is 3.67.